The number of amides is 1. The van der Waals surface area contributed by atoms with Gasteiger partial charge in [-0.15, -0.1) is 21.5 Å². The van der Waals surface area contributed by atoms with Crippen molar-refractivity contribution in [1.29, 1.82) is 0 Å². The van der Waals surface area contributed by atoms with Gasteiger partial charge in [0.25, 0.3) is 0 Å². The van der Waals surface area contributed by atoms with E-state index in [-0.39, 0.29) is 11.7 Å². The summed E-state index contributed by atoms with van der Waals surface area (Å²) in [5.74, 6) is 0.883. The molecule has 0 bridgehead atoms. The van der Waals surface area contributed by atoms with Crippen molar-refractivity contribution in [1.82, 2.24) is 14.8 Å². The van der Waals surface area contributed by atoms with Crippen LogP contribution in [0.1, 0.15) is 31.6 Å². The van der Waals surface area contributed by atoms with Crippen LogP contribution >= 0.6 is 46.3 Å². The van der Waals surface area contributed by atoms with E-state index < -0.39 is 0 Å². The van der Waals surface area contributed by atoms with Crippen molar-refractivity contribution in [3.05, 3.63) is 44.6 Å². The van der Waals surface area contributed by atoms with Crippen LogP contribution in [0.4, 0.5) is 5.69 Å². The van der Waals surface area contributed by atoms with E-state index in [1.165, 1.54) is 16.6 Å². The lowest BCUT2D eigenvalue weighted by Crippen LogP contribution is -2.15. The van der Waals surface area contributed by atoms with Crippen LogP contribution < -0.4 is 5.32 Å². The quantitative estimate of drug-likeness (QED) is 0.368. The van der Waals surface area contributed by atoms with Crippen molar-refractivity contribution in [2.24, 2.45) is 0 Å². The molecule has 154 valence electrons. The fourth-order valence-electron chi connectivity index (χ4n) is 2.82. The van der Waals surface area contributed by atoms with Crippen molar-refractivity contribution in [3.8, 4) is 11.4 Å². The first-order valence-corrected chi connectivity index (χ1v) is 12.0. The Balaban J connectivity index is 1.71. The molecule has 1 N–H and O–H groups in total. The predicted octanol–water partition coefficient (Wildman–Crippen LogP) is 6.41. The van der Waals surface area contributed by atoms with E-state index >= 15 is 0 Å². The first-order valence-electron chi connectivity index (χ1n) is 9.40. The summed E-state index contributed by atoms with van der Waals surface area (Å²) in [6.45, 7) is 5.09. The number of anilines is 1. The lowest BCUT2D eigenvalue weighted by molar-refractivity contribution is -0.113. The molecule has 0 aliphatic carbocycles. The number of nitrogens with zero attached hydrogens (tertiary/aromatic N) is 3. The summed E-state index contributed by atoms with van der Waals surface area (Å²) in [6.07, 6.45) is 3.14. The molecule has 0 aliphatic heterocycles. The summed E-state index contributed by atoms with van der Waals surface area (Å²) in [4.78, 5) is 13.7. The highest BCUT2D eigenvalue weighted by atomic mass is 35.5. The van der Waals surface area contributed by atoms with E-state index in [1.54, 1.807) is 29.5 Å². The van der Waals surface area contributed by atoms with Gasteiger partial charge < -0.3 is 9.88 Å². The number of carbonyl (C=O) groups is 1. The number of nitrogens with one attached hydrogen (secondary N) is 1. The number of thioether (sulfide) groups is 1. The van der Waals surface area contributed by atoms with Gasteiger partial charge in [0.15, 0.2) is 11.0 Å². The Morgan fingerprint density at radius 3 is 2.79 bits per heavy atom. The van der Waals surface area contributed by atoms with Crippen LogP contribution in [0.5, 0.6) is 0 Å². The molecule has 3 rings (SSSR count). The number of rotatable bonds is 9. The molecule has 1 amide bonds. The number of aromatic nitrogens is 3. The lowest BCUT2D eigenvalue weighted by Gasteiger charge is -2.09. The lowest BCUT2D eigenvalue weighted by atomic mass is 10.2. The average molecular weight is 469 g/mol. The zero-order valence-electron chi connectivity index (χ0n) is 16.2. The Labute approximate surface area is 188 Å². The van der Waals surface area contributed by atoms with E-state index in [9.17, 15) is 4.79 Å². The molecule has 0 aliphatic rings. The van der Waals surface area contributed by atoms with Crippen LogP contribution in [0.25, 0.3) is 11.4 Å². The number of thiophene rings is 1. The number of benzene rings is 1. The van der Waals surface area contributed by atoms with Gasteiger partial charge in [0.1, 0.15) is 0 Å². The average Bonchev–Trinajstić information content (AvgIpc) is 3.31. The highest BCUT2D eigenvalue weighted by Crippen LogP contribution is 2.29. The number of hydrogen-bond donors (Lipinski definition) is 1. The van der Waals surface area contributed by atoms with Crippen molar-refractivity contribution in [2.75, 3.05) is 11.1 Å². The third-order valence-electron chi connectivity index (χ3n) is 4.11. The number of halogens is 2. The van der Waals surface area contributed by atoms with Crippen molar-refractivity contribution >= 4 is 57.9 Å². The van der Waals surface area contributed by atoms with E-state index in [0.29, 0.717) is 15.7 Å². The molecule has 0 saturated heterocycles. The molecule has 1 aromatic carbocycles. The predicted molar refractivity (Wildman–Crippen MR) is 123 cm³/mol. The first kappa shape index (κ1) is 22.2. The molecular formula is C20H22Cl2N4OS2. The Kier molecular flexibility index (Phi) is 8.00. The van der Waals surface area contributed by atoms with Crippen LogP contribution in [0.2, 0.25) is 10.0 Å². The summed E-state index contributed by atoms with van der Waals surface area (Å²) in [7, 11) is 0. The minimum atomic E-state index is -0.174. The zero-order valence-corrected chi connectivity index (χ0v) is 19.4. The molecule has 3 aromatic rings. The molecule has 9 heteroatoms. The van der Waals surface area contributed by atoms with Gasteiger partial charge in [0.2, 0.25) is 5.91 Å². The topological polar surface area (TPSA) is 59.8 Å². The molecule has 0 spiro atoms. The molecule has 29 heavy (non-hydrogen) atoms. The van der Waals surface area contributed by atoms with Crippen molar-refractivity contribution in [2.45, 2.75) is 44.8 Å². The largest absolute Gasteiger partial charge is 0.324 e. The summed E-state index contributed by atoms with van der Waals surface area (Å²) in [6, 6.07) is 7.16. The van der Waals surface area contributed by atoms with E-state index in [4.69, 9.17) is 23.2 Å². The Morgan fingerprint density at radius 2 is 2.03 bits per heavy atom. The fraction of sp³-hybridized carbons (Fsp3) is 0.350. The molecule has 2 aromatic heterocycles. The van der Waals surface area contributed by atoms with Gasteiger partial charge in [0.05, 0.1) is 16.5 Å². The van der Waals surface area contributed by atoms with Crippen molar-refractivity contribution < 1.29 is 4.79 Å². The van der Waals surface area contributed by atoms with Crippen LogP contribution in [-0.4, -0.2) is 26.4 Å². The number of hydrogen-bond acceptors (Lipinski definition) is 5. The number of aryl methyl sites for hydroxylation is 1. The maximum Gasteiger partial charge on any atom is 0.234 e. The van der Waals surface area contributed by atoms with Gasteiger partial charge >= 0.3 is 0 Å². The Morgan fingerprint density at radius 1 is 1.21 bits per heavy atom. The minimum absolute atomic E-state index is 0.174. The van der Waals surface area contributed by atoms with Crippen LogP contribution in [0, 0.1) is 0 Å². The highest BCUT2D eigenvalue weighted by molar-refractivity contribution is 7.99. The highest BCUT2D eigenvalue weighted by Gasteiger charge is 2.17. The molecule has 0 unspecified atom stereocenters. The summed E-state index contributed by atoms with van der Waals surface area (Å²) in [5, 5.41) is 15.3. The molecule has 0 saturated carbocycles. The smallest absolute Gasteiger partial charge is 0.234 e. The summed E-state index contributed by atoms with van der Waals surface area (Å²) in [5.41, 5.74) is 1.59. The van der Waals surface area contributed by atoms with E-state index in [2.05, 4.69) is 45.4 Å². The second-order valence-electron chi connectivity index (χ2n) is 6.47. The van der Waals surface area contributed by atoms with Crippen LogP contribution in [0.15, 0.2) is 34.8 Å². The van der Waals surface area contributed by atoms with Gasteiger partial charge in [-0.2, -0.15) is 0 Å². The molecular weight excluding hydrogens is 447 g/mol. The standard InChI is InChI=1S/C20H22Cl2N4OS2/c1-3-5-15-9-13(11-28-15)19-24-25-20(26(19)8-4-2)29-12-18(27)23-17-10-14(21)6-7-16(17)22/h6-7,9-11H,3-5,8,12H2,1-2H3,(H,23,27). The monoisotopic (exact) mass is 468 g/mol. The van der Waals surface area contributed by atoms with Crippen LogP contribution in [-0.2, 0) is 17.8 Å². The minimum Gasteiger partial charge on any atom is -0.324 e. The van der Waals surface area contributed by atoms with Crippen LogP contribution in [0.3, 0.4) is 0 Å². The normalized spacial score (nSPS) is 11.0. The zero-order chi connectivity index (χ0) is 20.8. The van der Waals surface area contributed by atoms with E-state index in [0.717, 1.165) is 42.4 Å². The molecule has 0 atom stereocenters. The van der Waals surface area contributed by atoms with Gasteiger partial charge in [-0.3, -0.25) is 4.79 Å². The Bertz CT molecular complexity index is 987. The SMILES string of the molecule is CCCc1cc(-c2nnc(SCC(=O)Nc3cc(Cl)ccc3Cl)n2CCC)cs1. The van der Waals surface area contributed by atoms with Crippen molar-refractivity contribution in [3.63, 3.8) is 0 Å². The second-order valence-corrected chi connectivity index (χ2v) is 9.25. The van der Waals surface area contributed by atoms with E-state index in [1.807, 2.05) is 0 Å². The fourth-order valence-corrected chi connectivity index (χ4v) is 4.89. The van der Waals surface area contributed by atoms with Gasteiger partial charge in [0, 0.05) is 27.4 Å². The first-order chi connectivity index (χ1) is 14.0. The molecule has 0 fully saturated rings. The summed E-state index contributed by atoms with van der Waals surface area (Å²) < 4.78 is 2.09. The van der Waals surface area contributed by atoms with Gasteiger partial charge in [-0.25, -0.2) is 0 Å². The van der Waals surface area contributed by atoms with Gasteiger partial charge in [-0.1, -0.05) is 55.2 Å². The molecule has 2 heterocycles. The molecule has 0 radical (unpaired) electrons. The third-order valence-corrected chi connectivity index (χ3v) is 6.64. The second kappa shape index (κ2) is 10.5. The maximum absolute atomic E-state index is 12.4. The maximum atomic E-state index is 12.4. The molecule has 5 nitrogen and oxygen atoms in total. The van der Waals surface area contributed by atoms with Gasteiger partial charge in [-0.05, 0) is 37.1 Å². The Hall–Kier alpha value is -1.54. The summed E-state index contributed by atoms with van der Waals surface area (Å²) >= 11 is 15.2. The third kappa shape index (κ3) is 5.75. The number of carbonyl (C=O) groups excluding carboxylic acids is 1.